The number of halogens is 1. The second-order valence-electron chi connectivity index (χ2n) is 4.05. The molecule has 1 aliphatic heterocycles. The lowest BCUT2D eigenvalue weighted by Gasteiger charge is -2.31. The highest BCUT2D eigenvalue weighted by Gasteiger charge is 2.23. The molecule has 0 saturated carbocycles. The Hall–Kier alpha value is -1.07. The molecule has 0 aliphatic carbocycles. The molecular formula is C12H14BrNO3. The van der Waals surface area contributed by atoms with Crippen LogP contribution in [0.1, 0.15) is 5.56 Å². The number of ether oxygens (including phenoxy) is 1. The molecule has 1 amide bonds. The van der Waals surface area contributed by atoms with Gasteiger partial charge in [-0.15, -0.1) is 0 Å². The minimum atomic E-state index is -0.867. The van der Waals surface area contributed by atoms with Crippen molar-refractivity contribution in [2.75, 3.05) is 19.7 Å². The van der Waals surface area contributed by atoms with Crippen LogP contribution in [-0.2, 0) is 11.2 Å². The maximum atomic E-state index is 10.9. The lowest BCUT2D eigenvalue weighted by Crippen LogP contribution is -2.45. The van der Waals surface area contributed by atoms with E-state index in [0.29, 0.717) is 19.7 Å². The van der Waals surface area contributed by atoms with Gasteiger partial charge in [0.25, 0.3) is 0 Å². The van der Waals surface area contributed by atoms with Crippen molar-refractivity contribution in [3.05, 3.63) is 34.3 Å². The van der Waals surface area contributed by atoms with Gasteiger partial charge in [0.15, 0.2) is 0 Å². The fourth-order valence-electron chi connectivity index (χ4n) is 1.90. The lowest BCUT2D eigenvalue weighted by molar-refractivity contribution is -0.0210. The van der Waals surface area contributed by atoms with Crippen LogP contribution >= 0.6 is 15.9 Å². The first-order valence-electron chi connectivity index (χ1n) is 5.49. The van der Waals surface area contributed by atoms with Crippen LogP contribution in [0, 0.1) is 0 Å². The molecule has 1 fully saturated rings. The minimum absolute atomic E-state index is 0.0407. The molecule has 17 heavy (non-hydrogen) atoms. The molecule has 0 unspecified atom stereocenters. The quantitative estimate of drug-likeness (QED) is 0.912. The van der Waals surface area contributed by atoms with E-state index < -0.39 is 6.09 Å². The van der Waals surface area contributed by atoms with E-state index >= 15 is 0 Å². The van der Waals surface area contributed by atoms with Crippen LogP contribution in [0.5, 0.6) is 0 Å². The van der Waals surface area contributed by atoms with Gasteiger partial charge in [-0.1, -0.05) is 28.1 Å². The molecule has 0 aromatic heterocycles. The lowest BCUT2D eigenvalue weighted by atomic mass is 10.1. The first-order chi connectivity index (χ1) is 8.15. The number of amides is 1. The molecular weight excluding hydrogens is 286 g/mol. The number of nitrogens with zero attached hydrogens (tertiary/aromatic N) is 1. The van der Waals surface area contributed by atoms with Gasteiger partial charge in [0.05, 0.1) is 19.3 Å². The second-order valence-corrected chi connectivity index (χ2v) is 4.97. The minimum Gasteiger partial charge on any atom is -0.465 e. The summed E-state index contributed by atoms with van der Waals surface area (Å²) in [7, 11) is 0. The zero-order valence-corrected chi connectivity index (χ0v) is 10.9. The molecule has 1 saturated heterocycles. The van der Waals surface area contributed by atoms with Crippen molar-refractivity contribution in [1.29, 1.82) is 0 Å². The first kappa shape index (κ1) is 12.4. The van der Waals surface area contributed by atoms with E-state index in [0.717, 1.165) is 16.5 Å². The van der Waals surface area contributed by atoms with E-state index in [1.165, 1.54) is 4.90 Å². The summed E-state index contributed by atoms with van der Waals surface area (Å²) in [6.45, 7) is 1.39. The standard InChI is InChI=1S/C12H14BrNO3/c13-10-3-1-9(2-4-10)7-11-8-14(12(15)16)5-6-17-11/h1-4,11H,5-8H2,(H,15,16)/t11-/m1/s1. The number of carbonyl (C=O) groups is 1. The van der Waals surface area contributed by atoms with Crippen molar-refractivity contribution in [2.24, 2.45) is 0 Å². The third kappa shape index (κ3) is 3.44. The van der Waals surface area contributed by atoms with Crippen LogP contribution in [0.4, 0.5) is 4.79 Å². The van der Waals surface area contributed by atoms with Crippen LogP contribution in [0.2, 0.25) is 0 Å². The summed E-state index contributed by atoms with van der Waals surface area (Å²) in [5.74, 6) is 0. The zero-order chi connectivity index (χ0) is 12.3. The van der Waals surface area contributed by atoms with Crippen LogP contribution in [0.3, 0.4) is 0 Å². The van der Waals surface area contributed by atoms with E-state index in [2.05, 4.69) is 15.9 Å². The summed E-state index contributed by atoms with van der Waals surface area (Å²) in [4.78, 5) is 12.3. The second kappa shape index (κ2) is 5.51. The highest BCUT2D eigenvalue weighted by atomic mass is 79.9. The Morgan fingerprint density at radius 2 is 2.18 bits per heavy atom. The average molecular weight is 300 g/mol. The number of benzene rings is 1. The summed E-state index contributed by atoms with van der Waals surface area (Å²) < 4.78 is 6.62. The van der Waals surface area contributed by atoms with Crippen molar-refractivity contribution < 1.29 is 14.6 Å². The Kier molecular flexibility index (Phi) is 4.02. The molecule has 1 atom stereocenters. The Morgan fingerprint density at radius 1 is 1.47 bits per heavy atom. The Balaban J connectivity index is 1.94. The van der Waals surface area contributed by atoms with Crippen molar-refractivity contribution in [1.82, 2.24) is 4.90 Å². The van der Waals surface area contributed by atoms with E-state index in [1.807, 2.05) is 24.3 Å². The third-order valence-corrected chi connectivity index (χ3v) is 3.31. The van der Waals surface area contributed by atoms with Crippen molar-refractivity contribution >= 4 is 22.0 Å². The van der Waals surface area contributed by atoms with Gasteiger partial charge in [-0.2, -0.15) is 0 Å². The van der Waals surface area contributed by atoms with Gasteiger partial charge < -0.3 is 14.7 Å². The van der Waals surface area contributed by atoms with E-state index in [-0.39, 0.29) is 6.10 Å². The third-order valence-electron chi connectivity index (χ3n) is 2.79. The summed E-state index contributed by atoms with van der Waals surface area (Å²) in [6, 6.07) is 8.00. The molecule has 0 bridgehead atoms. The summed E-state index contributed by atoms with van der Waals surface area (Å²) in [5, 5.41) is 8.92. The molecule has 1 aliphatic rings. The fraction of sp³-hybridized carbons (Fsp3) is 0.417. The van der Waals surface area contributed by atoms with Gasteiger partial charge in [-0.05, 0) is 17.7 Å². The largest absolute Gasteiger partial charge is 0.465 e. The van der Waals surface area contributed by atoms with Crippen molar-refractivity contribution in [3.8, 4) is 0 Å². The number of carboxylic acid groups (broad SMARTS) is 1. The van der Waals surface area contributed by atoms with Crippen LogP contribution in [0.25, 0.3) is 0 Å². The fourth-order valence-corrected chi connectivity index (χ4v) is 2.16. The van der Waals surface area contributed by atoms with E-state index in [4.69, 9.17) is 9.84 Å². The normalized spacial score (nSPS) is 20.3. The Morgan fingerprint density at radius 3 is 2.82 bits per heavy atom. The predicted octanol–water partition coefficient (Wildman–Crippen LogP) is 2.37. The molecule has 1 aromatic carbocycles. The number of hydrogen-bond acceptors (Lipinski definition) is 2. The highest BCUT2D eigenvalue weighted by Crippen LogP contribution is 2.15. The van der Waals surface area contributed by atoms with Crippen molar-refractivity contribution in [3.63, 3.8) is 0 Å². The highest BCUT2D eigenvalue weighted by molar-refractivity contribution is 9.10. The van der Waals surface area contributed by atoms with E-state index in [9.17, 15) is 4.79 Å². The van der Waals surface area contributed by atoms with Gasteiger partial charge in [-0.3, -0.25) is 0 Å². The maximum Gasteiger partial charge on any atom is 0.407 e. The smallest absolute Gasteiger partial charge is 0.407 e. The summed E-state index contributed by atoms with van der Waals surface area (Å²) in [6.07, 6.45) is -0.160. The monoisotopic (exact) mass is 299 g/mol. The predicted molar refractivity (Wildman–Crippen MR) is 67.2 cm³/mol. The maximum absolute atomic E-state index is 10.9. The van der Waals surface area contributed by atoms with Crippen LogP contribution in [-0.4, -0.2) is 41.9 Å². The molecule has 2 rings (SSSR count). The Labute approximate surface area is 108 Å². The molecule has 4 nitrogen and oxygen atoms in total. The molecule has 1 aromatic rings. The zero-order valence-electron chi connectivity index (χ0n) is 9.30. The molecule has 92 valence electrons. The number of morpholine rings is 1. The van der Waals surface area contributed by atoms with Crippen LogP contribution < -0.4 is 0 Å². The van der Waals surface area contributed by atoms with Gasteiger partial charge in [0.1, 0.15) is 0 Å². The van der Waals surface area contributed by atoms with E-state index in [1.54, 1.807) is 0 Å². The van der Waals surface area contributed by atoms with Crippen molar-refractivity contribution in [2.45, 2.75) is 12.5 Å². The average Bonchev–Trinajstić information content (AvgIpc) is 2.32. The number of rotatable bonds is 2. The van der Waals surface area contributed by atoms with Gasteiger partial charge >= 0.3 is 6.09 Å². The topological polar surface area (TPSA) is 49.8 Å². The van der Waals surface area contributed by atoms with Gasteiger partial charge in [0.2, 0.25) is 0 Å². The molecule has 5 heteroatoms. The molecule has 0 spiro atoms. The molecule has 1 N–H and O–H groups in total. The van der Waals surface area contributed by atoms with Crippen LogP contribution in [0.15, 0.2) is 28.7 Å². The van der Waals surface area contributed by atoms with Gasteiger partial charge in [0, 0.05) is 17.4 Å². The molecule has 1 heterocycles. The van der Waals surface area contributed by atoms with Gasteiger partial charge in [-0.25, -0.2) is 4.79 Å². The number of hydrogen-bond donors (Lipinski definition) is 1. The SMILES string of the molecule is O=C(O)N1CCO[C@H](Cc2ccc(Br)cc2)C1. The first-order valence-corrected chi connectivity index (χ1v) is 6.28. The molecule has 0 radical (unpaired) electrons. The summed E-state index contributed by atoms with van der Waals surface area (Å²) >= 11 is 3.38. The Bertz CT molecular complexity index is 393. The summed E-state index contributed by atoms with van der Waals surface area (Å²) in [5.41, 5.74) is 1.16.